The summed E-state index contributed by atoms with van der Waals surface area (Å²) in [6.07, 6.45) is 0. The number of nitro groups is 1. The number of nitrogens with zero attached hydrogens (tertiary/aromatic N) is 3. The standard InChI is InChI=1S/C12H9ClN4O4/c13-8-5-4-7(17(19)20)6-10(8)21-11-3-1-2-9(15-11)12(14)16-18/h1-6,18H,(H2,14,16). The number of oxime groups is 1. The third-order valence-electron chi connectivity index (χ3n) is 2.43. The molecule has 2 aromatic rings. The number of ether oxygens (including phenoxy) is 1. The third kappa shape index (κ3) is 3.37. The number of benzene rings is 1. The van der Waals surface area contributed by atoms with Crippen molar-refractivity contribution >= 4 is 23.1 Å². The molecule has 0 spiro atoms. The van der Waals surface area contributed by atoms with E-state index in [9.17, 15) is 10.1 Å². The molecule has 9 heteroatoms. The van der Waals surface area contributed by atoms with Crippen LogP contribution in [0.25, 0.3) is 0 Å². The van der Waals surface area contributed by atoms with Gasteiger partial charge in [0.15, 0.2) is 11.6 Å². The van der Waals surface area contributed by atoms with E-state index in [-0.39, 0.29) is 33.9 Å². The zero-order valence-corrected chi connectivity index (χ0v) is 11.2. The molecule has 3 N–H and O–H groups in total. The average Bonchev–Trinajstić information content (AvgIpc) is 2.48. The highest BCUT2D eigenvalue weighted by molar-refractivity contribution is 6.32. The van der Waals surface area contributed by atoms with Gasteiger partial charge >= 0.3 is 0 Å². The molecule has 0 saturated carbocycles. The van der Waals surface area contributed by atoms with Crippen LogP contribution in [0.5, 0.6) is 11.6 Å². The van der Waals surface area contributed by atoms with Crippen LogP contribution >= 0.6 is 11.6 Å². The second kappa shape index (κ2) is 6.06. The number of nitro benzene ring substituents is 1. The van der Waals surface area contributed by atoms with Crippen LogP contribution in [0.2, 0.25) is 5.02 Å². The zero-order valence-electron chi connectivity index (χ0n) is 10.4. The van der Waals surface area contributed by atoms with Crippen molar-refractivity contribution in [3.8, 4) is 11.6 Å². The fourth-order valence-corrected chi connectivity index (χ4v) is 1.62. The minimum absolute atomic E-state index is 0.0787. The number of hydrogen-bond donors (Lipinski definition) is 2. The number of pyridine rings is 1. The summed E-state index contributed by atoms with van der Waals surface area (Å²) in [4.78, 5) is 14.2. The zero-order chi connectivity index (χ0) is 15.4. The van der Waals surface area contributed by atoms with E-state index >= 15 is 0 Å². The molecular weight excluding hydrogens is 300 g/mol. The number of rotatable bonds is 4. The molecule has 1 heterocycles. The van der Waals surface area contributed by atoms with E-state index in [0.29, 0.717) is 0 Å². The Morgan fingerprint density at radius 3 is 2.86 bits per heavy atom. The van der Waals surface area contributed by atoms with Gasteiger partial charge in [-0.2, -0.15) is 0 Å². The Labute approximate surface area is 123 Å². The Balaban J connectivity index is 2.34. The molecule has 0 fully saturated rings. The molecule has 0 amide bonds. The van der Waals surface area contributed by atoms with Gasteiger partial charge in [-0.3, -0.25) is 10.1 Å². The number of halogens is 1. The van der Waals surface area contributed by atoms with Gasteiger partial charge in [-0.05, 0) is 12.1 Å². The van der Waals surface area contributed by atoms with Gasteiger partial charge in [0.05, 0.1) is 16.0 Å². The van der Waals surface area contributed by atoms with Gasteiger partial charge in [-0.15, -0.1) is 0 Å². The number of non-ortho nitro benzene ring substituents is 1. The van der Waals surface area contributed by atoms with Crippen LogP contribution in [0.15, 0.2) is 41.6 Å². The van der Waals surface area contributed by atoms with Crippen molar-refractivity contribution in [2.45, 2.75) is 0 Å². The number of amidine groups is 1. The molecule has 0 aliphatic carbocycles. The van der Waals surface area contributed by atoms with Gasteiger partial charge in [-0.1, -0.05) is 22.8 Å². The van der Waals surface area contributed by atoms with E-state index in [4.69, 9.17) is 27.3 Å². The number of nitrogens with two attached hydrogens (primary N) is 1. The molecule has 0 radical (unpaired) electrons. The molecule has 21 heavy (non-hydrogen) atoms. The van der Waals surface area contributed by atoms with Crippen LogP contribution in [0.4, 0.5) is 5.69 Å². The van der Waals surface area contributed by atoms with Crippen molar-refractivity contribution in [3.05, 3.63) is 57.2 Å². The molecule has 0 saturated heterocycles. The van der Waals surface area contributed by atoms with Crippen LogP contribution in [-0.4, -0.2) is 21.0 Å². The molecule has 1 aromatic carbocycles. The summed E-state index contributed by atoms with van der Waals surface area (Å²) in [6, 6.07) is 8.37. The van der Waals surface area contributed by atoms with Gasteiger partial charge in [0.2, 0.25) is 5.88 Å². The van der Waals surface area contributed by atoms with Crippen molar-refractivity contribution < 1.29 is 14.9 Å². The highest BCUT2D eigenvalue weighted by Gasteiger charge is 2.12. The van der Waals surface area contributed by atoms with Crippen LogP contribution < -0.4 is 10.5 Å². The summed E-state index contributed by atoms with van der Waals surface area (Å²) in [5.41, 5.74) is 5.44. The summed E-state index contributed by atoms with van der Waals surface area (Å²) in [5.74, 6) is -0.0119. The Bertz CT molecular complexity index is 720. The van der Waals surface area contributed by atoms with E-state index < -0.39 is 4.92 Å². The summed E-state index contributed by atoms with van der Waals surface area (Å²) in [5, 5.41) is 22.3. The average molecular weight is 309 g/mol. The molecule has 0 bridgehead atoms. The minimum atomic E-state index is -0.566. The highest BCUT2D eigenvalue weighted by Crippen LogP contribution is 2.32. The topological polar surface area (TPSA) is 124 Å². The maximum Gasteiger partial charge on any atom is 0.273 e. The maximum atomic E-state index is 10.7. The lowest BCUT2D eigenvalue weighted by Gasteiger charge is -2.07. The first-order chi connectivity index (χ1) is 10.0. The molecule has 108 valence electrons. The summed E-state index contributed by atoms with van der Waals surface area (Å²) >= 11 is 5.92. The van der Waals surface area contributed by atoms with Crippen molar-refractivity contribution in [1.29, 1.82) is 0 Å². The first kappa shape index (κ1) is 14.5. The van der Waals surface area contributed by atoms with Crippen molar-refractivity contribution in [2.75, 3.05) is 0 Å². The monoisotopic (exact) mass is 308 g/mol. The van der Waals surface area contributed by atoms with Gasteiger partial charge < -0.3 is 15.7 Å². The minimum Gasteiger partial charge on any atom is -0.437 e. The number of hydrogen-bond acceptors (Lipinski definition) is 6. The molecule has 0 aliphatic heterocycles. The second-order valence-corrected chi connectivity index (χ2v) is 4.23. The molecule has 2 rings (SSSR count). The summed E-state index contributed by atoms with van der Waals surface area (Å²) in [6.45, 7) is 0. The van der Waals surface area contributed by atoms with Crippen LogP contribution in [0.3, 0.4) is 0 Å². The summed E-state index contributed by atoms with van der Waals surface area (Å²) in [7, 11) is 0. The number of aromatic nitrogens is 1. The van der Waals surface area contributed by atoms with Gasteiger partial charge in [0.25, 0.3) is 5.69 Å². The Kier molecular flexibility index (Phi) is 4.19. The van der Waals surface area contributed by atoms with Gasteiger partial charge in [-0.25, -0.2) is 4.98 Å². The van der Waals surface area contributed by atoms with E-state index in [0.717, 1.165) is 0 Å². The van der Waals surface area contributed by atoms with E-state index in [2.05, 4.69) is 10.1 Å². The molecule has 8 nitrogen and oxygen atoms in total. The highest BCUT2D eigenvalue weighted by atomic mass is 35.5. The van der Waals surface area contributed by atoms with Crippen molar-refractivity contribution in [3.63, 3.8) is 0 Å². The Morgan fingerprint density at radius 1 is 1.43 bits per heavy atom. The van der Waals surface area contributed by atoms with Crippen LogP contribution in [0, 0.1) is 10.1 Å². The fourth-order valence-electron chi connectivity index (χ4n) is 1.46. The molecule has 1 aromatic heterocycles. The predicted octanol–water partition coefficient (Wildman–Crippen LogP) is 2.53. The third-order valence-corrected chi connectivity index (χ3v) is 2.75. The predicted molar refractivity (Wildman–Crippen MR) is 74.9 cm³/mol. The molecule has 0 aliphatic rings. The SMILES string of the molecule is NC(=NO)c1cccc(Oc2cc([N+](=O)[O-])ccc2Cl)n1. The molecular formula is C12H9ClN4O4. The lowest BCUT2D eigenvalue weighted by atomic mass is 10.3. The fraction of sp³-hybridized carbons (Fsp3) is 0. The second-order valence-electron chi connectivity index (χ2n) is 3.82. The smallest absolute Gasteiger partial charge is 0.273 e. The summed E-state index contributed by atoms with van der Waals surface area (Å²) < 4.78 is 5.40. The molecule has 0 unspecified atom stereocenters. The van der Waals surface area contributed by atoms with E-state index in [1.807, 2.05) is 0 Å². The van der Waals surface area contributed by atoms with Gasteiger partial charge in [0.1, 0.15) is 5.69 Å². The van der Waals surface area contributed by atoms with Crippen molar-refractivity contribution in [2.24, 2.45) is 10.9 Å². The first-order valence-electron chi connectivity index (χ1n) is 5.58. The van der Waals surface area contributed by atoms with E-state index in [1.165, 1.54) is 30.3 Å². The van der Waals surface area contributed by atoms with Gasteiger partial charge in [0, 0.05) is 12.1 Å². The van der Waals surface area contributed by atoms with Crippen LogP contribution in [0.1, 0.15) is 5.69 Å². The molecule has 0 atom stereocenters. The maximum absolute atomic E-state index is 10.7. The Hall–Kier alpha value is -2.87. The Morgan fingerprint density at radius 2 is 2.19 bits per heavy atom. The quantitative estimate of drug-likeness (QED) is 0.294. The normalized spacial score (nSPS) is 11.2. The van der Waals surface area contributed by atoms with Crippen LogP contribution in [-0.2, 0) is 0 Å². The first-order valence-corrected chi connectivity index (χ1v) is 5.96. The lowest BCUT2D eigenvalue weighted by Crippen LogP contribution is -2.14. The largest absolute Gasteiger partial charge is 0.437 e. The van der Waals surface area contributed by atoms with Crippen molar-refractivity contribution in [1.82, 2.24) is 4.98 Å². The van der Waals surface area contributed by atoms with E-state index in [1.54, 1.807) is 6.07 Å². The lowest BCUT2D eigenvalue weighted by molar-refractivity contribution is -0.384.